The lowest BCUT2D eigenvalue weighted by atomic mass is 10.3. The minimum absolute atomic E-state index is 0.203. The number of amides is 1. The van der Waals surface area contributed by atoms with Crippen molar-refractivity contribution in [2.24, 2.45) is 0 Å². The van der Waals surface area contributed by atoms with Gasteiger partial charge in [-0.3, -0.25) is 4.79 Å². The fourth-order valence-electron chi connectivity index (χ4n) is 2.99. The largest absolute Gasteiger partial charge is 0.395 e. The summed E-state index contributed by atoms with van der Waals surface area (Å²) in [4.78, 5) is 24.6. The van der Waals surface area contributed by atoms with Crippen molar-refractivity contribution in [3.8, 4) is 6.07 Å². The maximum atomic E-state index is 11.7. The molecule has 1 aromatic heterocycles. The van der Waals surface area contributed by atoms with Crippen LogP contribution in [0, 0.1) is 11.3 Å². The van der Waals surface area contributed by atoms with Gasteiger partial charge in [-0.1, -0.05) is 32.4 Å². The molecule has 0 saturated carbocycles. The van der Waals surface area contributed by atoms with Crippen molar-refractivity contribution in [2.45, 2.75) is 53.9 Å². The van der Waals surface area contributed by atoms with Crippen LogP contribution in [0.4, 0.5) is 11.8 Å². The number of anilines is 2. The Bertz CT molecular complexity index is 721. The number of aromatic nitrogens is 2. The van der Waals surface area contributed by atoms with E-state index in [1.54, 1.807) is 26.2 Å². The van der Waals surface area contributed by atoms with Crippen molar-refractivity contribution in [1.82, 2.24) is 25.5 Å². The molecule has 2 fully saturated rings. The Balaban J connectivity index is 0. The van der Waals surface area contributed by atoms with Crippen molar-refractivity contribution in [3.05, 3.63) is 23.9 Å². The quantitative estimate of drug-likeness (QED) is 0.445. The molecule has 0 aromatic carbocycles. The van der Waals surface area contributed by atoms with Crippen molar-refractivity contribution < 1.29 is 9.90 Å². The fraction of sp³-hybridized carbons (Fsp3) is 0.692. The Morgan fingerprint density at radius 3 is 2.08 bits per heavy atom. The van der Waals surface area contributed by atoms with Gasteiger partial charge in [0.15, 0.2) is 0 Å². The maximum Gasteiger partial charge on any atom is 0.269 e. The molecular formula is C26H50N8O2. The molecule has 10 nitrogen and oxygen atoms in total. The van der Waals surface area contributed by atoms with Gasteiger partial charge >= 0.3 is 0 Å². The summed E-state index contributed by atoms with van der Waals surface area (Å²) in [6, 6.07) is 3.48. The Morgan fingerprint density at radius 1 is 1.14 bits per heavy atom. The molecule has 3 heterocycles. The van der Waals surface area contributed by atoms with Gasteiger partial charge in [-0.2, -0.15) is 10.2 Å². The van der Waals surface area contributed by atoms with Crippen LogP contribution in [0.15, 0.2) is 18.2 Å². The second-order valence-electron chi connectivity index (χ2n) is 7.87. The number of nitriles is 1. The number of likely N-dealkylation sites (tertiary alicyclic amines) is 1. The van der Waals surface area contributed by atoms with Crippen LogP contribution < -0.4 is 20.9 Å². The summed E-state index contributed by atoms with van der Waals surface area (Å²) in [5, 5.41) is 24.5. The van der Waals surface area contributed by atoms with Gasteiger partial charge in [-0.05, 0) is 39.8 Å². The zero-order valence-electron chi connectivity index (χ0n) is 23.6. The monoisotopic (exact) mass is 506 g/mol. The Labute approximate surface area is 219 Å². The number of aliphatic hydroxyl groups excluding tert-OH is 1. The highest BCUT2D eigenvalue weighted by molar-refractivity contribution is 5.93. The molecule has 3 rings (SSSR count). The molecular weight excluding hydrogens is 456 g/mol. The zero-order valence-corrected chi connectivity index (χ0v) is 23.6. The Hall–Kier alpha value is -2.74. The minimum atomic E-state index is -0.203. The smallest absolute Gasteiger partial charge is 0.269 e. The molecule has 0 spiro atoms. The molecule has 2 aliphatic heterocycles. The molecule has 0 bridgehead atoms. The number of nitrogens with one attached hydrogen (secondary N) is 3. The molecule has 1 aromatic rings. The summed E-state index contributed by atoms with van der Waals surface area (Å²) in [6.07, 6.45) is 7.89. The Kier molecular flexibility index (Phi) is 24.9. The van der Waals surface area contributed by atoms with E-state index in [-0.39, 0.29) is 5.91 Å². The molecule has 36 heavy (non-hydrogen) atoms. The summed E-state index contributed by atoms with van der Waals surface area (Å²) in [5.74, 6) is 1.05. The van der Waals surface area contributed by atoms with E-state index in [4.69, 9.17) is 10.4 Å². The minimum Gasteiger partial charge on any atom is -0.395 e. The van der Waals surface area contributed by atoms with Gasteiger partial charge in [0.05, 0.1) is 12.7 Å². The fourth-order valence-corrected chi connectivity index (χ4v) is 2.99. The van der Waals surface area contributed by atoms with E-state index in [9.17, 15) is 4.79 Å². The number of carbonyl (C=O) groups excluding carboxylic acids is 1. The van der Waals surface area contributed by atoms with Crippen LogP contribution >= 0.6 is 0 Å². The standard InChI is InChI=1S/C11H18N6O.C6H13NO.C4H8.C3H8.C2H3N/c1-12-10(18)8-7-9(16-11(13-2)15-8)17-5-3-14-4-6-17;8-6-5-7-3-1-2-4-7;1-3-4-2;1-3-2;1-2-3/h7,14H,3-6H2,1-2H3,(H,12,18)(H,13,15,16);8H,1-6H2;3-4H,1-2H3;3H2,1-2H3;1H3/b;;4-3-;;. The summed E-state index contributed by atoms with van der Waals surface area (Å²) in [7, 11) is 3.33. The number of nitrogens with zero attached hydrogens (tertiary/aromatic N) is 5. The molecule has 0 unspecified atom stereocenters. The molecule has 0 radical (unpaired) electrons. The molecule has 0 atom stereocenters. The first-order chi connectivity index (χ1) is 17.4. The van der Waals surface area contributed by atoms with E-state index < -0.39 is 0 Å². The molecule has 0 aliphatic carbocycles. The number of β-amino-alcohol motifs (C(OH)–C–C–N with tert-alkyl or cyclic N) is 1. The maximum absolute atomic E-state index is 11.7. The molecule has 1 amide bonds. The molecule has 2 saturated heterocycles. The number of allylic oxidation sites excluding steroid dienone is 2. The highest BCUT2D eigenvalue weighted by Crippen LogP contribution is 2.15. The van der Waals surface area contributed by atoms with Crippen LogP contribution in [0.3, 0.4) is 0 Å². The lowest BCUT2D eigenvalue weighted by Crippen LogP contribution is -2.44. The van der Waals surface area contributed by atoms with Crippen molar-refractivity contribution in [1.29, 1.82) is 5.26 Å². The number of carbonyl (C=O) groups is 1. The lowest BCUT2D eigenvalue weighted by molar-refractivity contribution is 0.0958. The van der Waals surface area contributed by atoms with Gasteiger partial charge in [-0.25, -0.2) is 4.98 Å². The van der Waals surface area contributed by atoms with E-state index in [1.807, 2.05) is 26.0 Å². The molecule has 10 heteroatoms. The highest BCUT2D eigenvalue weighted by Gasteiger charge is 2.16. The molecule has 2 aliphatic rings. The first-order valence-electron chi connectivity index (χ1n) is 12.9. The van der Waals surface area contributed by atoms with Gasteiger partial charge in [0.2, 0.25) is 5.95 Å². The summed E-state index contributed by atoms with van der Waals surface area (Å²) in [6.45, 7) is 16.9. The van der Waals surface area contributed by atoms with Crippen LogP contribution in [-0.4, -0.2) is 92.4 Å². The van der Waals surface area contributed by atoms with Gasteiger partial charge < -0.3 is 30.9 Å². The number of hydrogen-bond donors (Lipinski definition) is 4. The van der Waals surface area contributed by atoms with E-state index in [0.717, 1.165) is 38.5 Å². The summed E-state index contributed by atoms with van der Waals surface area (Å²) in [5.41, 5.74) is 0.380. The SMILES string of the molecule is C/C=C\C.CC#N.CCC.CNC(=O)c1cc(N2CCNCC2)nc(NC)n1.OCCN1CCCC1. The van der Waals surface area contributed by atoms with Gasteiger partial charge in [-0.15, -0.1) is 0 Å². The predicted octanol–water partition coefficient (Wildman–Crippen LogP) is 2.89. The van der Waals surface area contributed by atoms with Gasteiger partial charge in [0.25, 0.3) is 5.91 Å². The van der Waals surface area contributed by atoms with E-state index in [0.29, 0.717) is 18.2 Å². The van der Waals surface area contributed by atoms with Crippen LogP contribution in [0.2, 0.25) is 0 Å². The zero-order chi connectivity index (χ0) is 27.6. The van der Waals surface area contributed by atoms with Crippen molar-refractivity contribution in [3.63, 3.8) is 0 Å². The second-order valence-corrected chi connectivity index (χ2v) is 7.87. The van der Waals surface area contributed by atoms with Crippen LogP contribution in [0.25, 0.3) is 0 Å². The molecule has 4 N–H and O–H groups in total. The van der Waals surface area contributed by atoms with Crippen LogP contribution in [0.5, 0.6) is 0 Å². The van der Waals surface area contributed by atoms with Gasteiger partial charge in [0, 0.05) is 59.8 Å². The van der Waals surface area contributed by atoms with Crippen molar-refractivity contribution >= 4 is 17.7 Å². The van der Waals surface area contributed by atoms with Crippen LogP contribution in [0.1, 0.15) is 64.4 Å². The van der Waals surface area contributed by atoms with Gasteiger partial charge in [0.1, 0.15) is 11.5 Å². The van der Waals surface area contributed by atoms with E-state index in [1.165, 1.54) is 39.3 Å². The number of piperazine rings is 1. The third-order valence-electron chi connectivity index (χ3n) is 4.79. The third-order valence-corrected chi connectivity index (χ3v) is 4.79. The van der Waals surface area contributed by atoms with Crippen molar-refractivity contribution in [2.75, 3.05) is 76.7 Å². The third kappa shape index (κ3) is 17.7. The lowest BCUT2D eigenvalue weighted by Gasteiger charge is -2.28. The average molecular weight is 507 g/mol. The van der Waals surface area contributed by atoms with E-state index >= 15 is 0 Å². The Morgan fingerprint density at radius 2 is 1.67 bits per heavy atom. The first kappa shape index (κ1) is 35.4. The highest BCUT2D eigenvalue weighted by atomic mass is 16.3. The molecule has 206 valence electrons. The average Bonchev–Trinajstić information content (AvgIpc) is 3.43. The first-order valence-corrected chi connectivity index (χ1v) is 12.9. The normalized spacial score (nSPS) is 14.4. The van der Waals surface area contributed by atoms with E-state index in [2.05, 4.69) is 49.6 Å². The number of hydrogen-bond acceptors (Lipinski definition) is 9. The number of rotatable bonds is 5. The summed E-state index contributed by atoms with van der Waals surface area (Å²) < 4.78 is 0. The second kappa shape index (κ2) is 25.4. The topological polar surface area (TPSA) is 129 Å². The summed E-state index contributed by atoms with van der Waals surface area (Å²) >= 11 is 0. The predicted molar refractivity (Wildman–Crippen MR) is 151 cm³/mol. The number of aliphatic hydroxyl groups is 1. The van der Waals surface area contributed by atoms with Crippen LogP contribution in [-0.2, 0) is 0 Å².